The molecule has 0 saturated heterocycles. The second-order valence-corrected chi connectivity index (χ2v) is 2.53. The van der Waals surface area contributed by atoms with Crippen molar-refractivity contribution in [3.05, 3.63) is 24.3 Å². The summed E-state index contributed by atoms with van der Waals surface area (Å²) in [6.07, 6.45) is 5.04. The van der Waals surface area contributed by atoms with Gasteiger partial charge >= 0.3 is 5.97 Å². The van der Waals surface area contributed by atoms with Crippen LogP contribution in [0.25, 0.3) is 0 Å². The molecule has 0 aliphatic carbocycles. The highest BCUT2D eigenvalue weighted by Crippen LogP contribution is 1.96. The maximum atomic E-state index is 10.9. The number of halogens is 2. The molecule has 86 valence electrons. The van der Waals surface area contributed by atoms with Crippen LogP contribution in [-0.2, 0) is 16.0 Å². The first-order valence-corrected chi connectivity index (χ1v) is 3.82. The minimum atomic E-state index is -0.665. The molecule has 0 saturated carbocycles. The molecule has 1 aromatic heterocycles. The Morgan fingerprint density at radius 2 is 2.20 bits per heavy atom. The second kappa shape index (κ2) is 8.40. The number of nitrogens with zero attached hydrogens (tertiary/aromatic N) is 2. The van der Waals surface area contributed by atoms with Crippen molar-refractivity contribution in [3.63, 3.8) is 0 Å². The van der Waals surface area contributed by atoms with Gasteiger partial charge in [0, 0.05) is 25.0 Å². The minimum Gasteiger partial charge on any atom is -0.468 e. The lowest BCUT2D eigenvalue weighted by Gasteiger charge is -2.07. The van der Waals surface area contributed by atoms with Crippen LogP contribution < -0.4 is 5.73 Å². The third-order valence-corrected chi connectivity index (χ3v) is 1.55. The van der Waals surface area contributed by atoms with Crippen molar-refractivity contribution in [2.75, 3.05) is 7.11 Å². The average molecular weight is 254 g/mol. The molecule has 1 rings (SSSR count). The largest absolute Gasteiger partial charge is 0.468 e. The number of nitrogens with two attached hydrogens (primary N) is 1. The van der Waals surface area contributed by atoms with Gasteiger partial charge in [-0.1, -0.05) is 0 Å². The van der Waals surface area contributed by atoms with Gasteiger partial charge in [0.05, 0.1) is 12.8 Å². The minimum absolute atomic E-state index is 0. The van der Waals surface area contributed by atoms with E-state index in [-0.39, 0.29) is 24.8 Å². The highest BCUT2D eigenvalue weighted by molar-refractivity contribution is 5.85. The fraction of sp³-hybridized carbons (Fsp3) is 0.375. The Hall–Kier alpha value is -0.910. The number of esters is 1. The number of carbonyl (C=O) groups excluding carboxylic acids is 1. The van der Waals surface area contributed by atoms with Crippen molar-refractivity contribution >= 4 is 30.8 Å². The molecule has 0 aliphatic heterocycles. The summed E-state index contributed by atoms with van der Waals surface area (Å²) < 4.78 is 4.47. The molecule has 5 nitrogen and oxygen atoms in total. The lowest BCUT2D eigenvalue weighted by Crippen LogP contribution is -2.33. The van der Waals surface area contributed by atoms with Crippen LogP contribution in [0.3, 0.4) is 0 Å². The predicted molar refractivity (Wildman–Crippen MR) is 60.2 cm³/mol. The Balaban J connectivity index is 0. The van der Waals surface area contributed by atoms with E-state index in [9.17, 15) is 4.79 Å². The topological polar surface area (TPSA) is 78.1 Å². The molecule has 1 heterocycles. The third-order valence-electron chi connectivity index (χ3n) is 1.55. The molecule has 0 bridgehead atoms. The standard InChI is InChI=1S/C8H11N3O2.2ClH/c1-13-8(12)7(9)4-6-5-10-2-3-11-6;;/h2-3,5,7H,4,9H2,1H3;2*1H/t7-;;/m1../s1. The van der Waals surface area contributed by atoms with Gasteiger partial charge in [0.1, 0.15) is 6.04 Å². The van der Waals surface area contributed by atoms with E-state index in [0.29, 0.717) is 12.1 Å². The van der Waals surface area contributed by atoms with Gasteiger partial charge < -0.3 is 10.5 Å². The Morgan fingerprint density at radius 1 is 1.53 bits per heavy atom. The number of aromatic nitrogens is 2. The molecule has 0 spiro atoms. The predicted octanol–water partition coefficient (Wildman–Crippen LogP) is 0.363. The Morgan fingerprint density at radius 3 is 2.67 bits per heavy atom. The molecule has 0 unspecified atom stereocenters. The first-order chi connectivity index (χ1) is 6.24. The van der Waals surface area contributed by atoms with Gasteiger partial charge in [0.25, 0.3) is 0 Å². The number of methoxy groups -OCH3 is 1. The van der Waals surface area contributed by atoms with E-state index >= 15 is 0 Å². The van der Waals surface area contributed by atoms with Crippen molar-refractivity contribution in [2.24, 2.45) is 5.73 Å². The van der Waals surface area contributed by atoms with Crippen LogP contribution in [0, 0.1) is 0 Å². The quantitative estimate of drug-likeness (QED) is 0.788. The fourth-order valence-corrected chi connectivity index (χ4v) is 0.895. The van der Waals surface area contributed by atoms with E-state index in [1.54, 1.807) is 18.6 Å². The molecule has 0 amide bonds. The van der Waals surface area contributed by atoms with Crippen LogP contribution in [0.4, 0.5) is 0 Å². The summed E-state index contributed by atoms with van der Waals surface area (Å²) in [5.41, 5.74) is 6.20. The van der Waals surface area contributed by atoms with Gasteiger partial charge in [-0.15, -0.1) is 24.8 Å². The number of rotatable bonds is 3. The van der Waals surface area contributed by atoms with Crippen molar-refractivity contribution in [1.82, 2.24) is 9.97 Å². The Labute approximate surface area is 100 Å². The number of hydrogen-bond acceptors (Lipinski definition) is 5. The average Bonchev–Trinajstić information content (AvgIpc) is 2.18. The van der Waals surface area contributed by atoms with Crippen LogP contribution in [0.5, 0.6) is 0 Å². The van der Waals surface area contributed by atoms with Crippen molar-refractivity contribution in [3.8, 4) is 0 Å². The lowest BCUT2D eigenvalue weighted by atomic mass is 10.2. The van der Waals surface area contributed by atoms with E-state index < -0.39 is 12.0 Å². The SMILES string of the molecule is COC(=O)[C@H](N)Cc1cnccn1.Cl.Cl. The highest BCUT2D eigenvalue weighted by Gasteiger charge is 2.14. The summed E-state index contributed by atoms with van der Waals surface area (Å²) in [5, 5.41) is 0. The highest BCUT2D eigenvalue weighted by atomic mass is 35.5. The zero-order valence-electron chi connectivity index (χ0n) is 8.12. The summed E-state index contributed by atoms with van der Waals surface area (Å²) in [4.78, 5) is 18.8. The number of ether oxygens (including phenoxy) is 1. The maximum Gasteiger partial charge on any atom is 0.323 e. The lowest BCUT2D eigenvalue weighted by molar-refractivity contribution is -0.142. The third kappa shape index (κ3) is 5.51. The van der Waals surface area contributed by atoms with Crippen LogP contribution >= 0.6 is 24.8 Å². The summed E-state index contributed by atoms with van der Waals surface area (Å²) in [7, 11) is 1.30. The van der Waals surface area contributed by atoms with Crippen LogP contribution in [-0.4, -0.2) is 29.1 Å². The molecule has 1 aromatic rings. The number of hydrogen-bond donors (Lipinski definition) is 1. The van der Waals surface area contributed by atoms with E-state index in [0.717, 1.165) is 0 Å². The summed E-state index contributed by atoms with van der Waals surface area (Å²) in [5.74, 6) is -0.439. The summed E-state index contributed by atoms with van der Waals surface area (Å²) in [6.45, 7) is 0. The van der Waals surface area contributed by atoms with E-state index in [1.165, 1.54) is 7.11 Å². The first-order valence-electron chi connectivity index (χ1n) is 3.82. The summed E-state index contributed by atoms with van der Waals surface area (Å²) >= 11 is 0. The van der Waals surface area contributed by atoms with Gasteiger partial charge in [-0.25, -0.2) is 0 Å². The second-order valence-electron chi connectivity index (χ2n) is 2.53. The zero-order chi connectivity index (χ0) is 9.68. The van der Waals surface area contributed by atoms with Crippen molar-refractivity contribution in [2.45, 2.75) is 12.5 Å². The molecule has 0 fully saturated rings. The molecule has 2 N–H and O–H groups in total. The van der Waals surface area contributed by atoms with Crippen LogP contribution in [0.15, 0.2) is 18.6 Å². The van der Waals surface area contributed by atoms with Gasteiger partial charge in [-0.2, -0.15) is 0 Å². The van der Waals surface area contributed by atoms with E-state index in [2.05, 4.69) is 14.7 Å². The van der Waals surface area contributed by atoms with E-state index in [1.807, 2.05) is 0 Å². The summed E-state index contributed by atoms with van der Waals surface area (Å²) in [6, 6.07) is -0.665. The van der Waals surface area contributed by atoms with Crippen molar-refractivity contribution < 1.29 is 9.53 Å². The van der Waals surface area contributed by atoms with E-state index in [4.69, 9.17) is 5.73 Å². The van der Waals surface area contributed by atoms with Gasteiger partial charge in [0.2, 0.25) is 0 Å². The molecule has 15 heavy (non-hydrogen) atoms. The fourth-order valence-electron chi connectivity index (χ4n) is 0.895. The molecule has 0 radical (unpaired) electrons. The smallest absolute Gasteiger partial charge is 0.323 e. The number of carbonyl (C=O) groups is 1. The van der Waals surface area contributed by atoms with Gasteiger partial charge in [-0.3, -0.25) is 14.8 Å². The van der Waals surface area contributed by atoms with Gasteiger partial charge in [0.15, 0.2) is 0 Å². The molecular weight excluding hydrogens is 241 g/mol. The molecule has 0 aromatic carbocycles. The van der Waals surface area contributed by atoms with Crippen LogP contribution in [0.1, 0.15) is 5.69 Å². The Bertz CT molecular complexity index is 284. The monoisotopic (exact) mass is 253 g/mol. The molecule has 1 atom stereocenters. The normalized spacial score (nSPS) is 10.5. The van der Waals surface area contributed by atoms with Gasteiger partial charge in [-0.05, 0) is 0 Å². The molecule has 0 aliphatic rings. The zero-order valence-corrected chi connectivity index (χ0v) is 9.75. The molecular formula is C8H13Cl2N3O2. The maximum absolute atomic E-state index is 10.9. The van der Waals surface area contributed by atoms with Crippen LogP contribution in [0.2, 0.25) is 0 Å². The molecule has 7 heteroatoms. The first kappa shape index (κ1) is 16.5. The van der Waals surface area contributed by atoms with Crippen molar-refractivity contribution in [1.29, 1.82) is 0 Å². The Kier molecular flexibility index (Phi) is 9.25.